The summed E-state index contributed by atoms with van der Waals surface area (Å²) in [7, 11) is 1.28. The normalized spacial score (nSPS) is 19.8. The third-order valence-corrected chi connectivity index (χ3v) is 4.59. The second-order valence-corrected chi connectivity index (χ2v) is 6.37. The first kappa shape index (κ1) is 18.2. The number of nitrogens with one attached hydrogen (secondary N) is 1. The number of fused-ring (bicyclic) bond motifs is 1. The van der Waals surface area contributed by atoms with Gasteiger partial charge in [-0.05, 0) is 31.2 Å². The first-order chi connectivity index (χ1) is 11.4. The Morgan fingerprint density at radius 3 is 2.62 bits per heavy atom. The Labute approximate surface area is 141 Å². The summed E-state index contributed by atoms with van der Waals surface area (Å²) >= 11 is 0. The molecule has 1 N–H and O–H groups in total. The minimum Gasteiger partial charge on any atom is -0.468 e. The first-order valence-electron chi connectivity index (χ1n) is 8.42. The van der Waals surface area contributed by atoms with Crippen LogP contribution in [0, 0.1) is 18.8 Å². The van der Waals surface area contributed by atoms with E-state index < -0.39 is 17.9 Å². The Morgan fingerprint density at radius 2 is 2.00 bits per heavy atom. The highest BCUT2D eigenvalue weighted by atomic mass is 16.5. The van der Waals surface area contributed by atoms with E-state index in [-0.39, 0.29) is 11.7 Å². The number of carbonyl (C=O) groups excluding carboxylic acids is 3. The molecule has 2 rings (SSSR count). The second kappa shape index (κ2) is 7.64. The number of Topliss-reactive ketones (excluding diaryl/α,β-unsaturated/α-hetero) is 1. The second-order valence-electron chi connectivity index (χ2n) is 6.37. The lowest BCUT2D eigenvalue weighted by atomic mass is 9.77. The van der Waals surface area contributed by atoms with Crippen LogP contribution < -0.4 is 0 Å². The molecule has 0 radical (unpaired) electrons. The molecular weight excluding hydrogens is 310 g/mol. The predicted molar refractivity (Wildman–Crippen MR) is 88.0 cm³/mol. The molecule has 1 aliphatic carbocycles. The molecule has 6 heteroatoms. The van der Waals surface area contributed by atoms with Crippen molar-refractivity contribution in [3.63, 3.8) is 0 Å². The molecule has 0 aromatic carbocycles. The van der Waals surface area contributed by atoms with Gasteiger partial charge >= 0.3 is 11.9 Å². The molecule has 1 aliphatic rings. The Kier molecular flexibility index (Phi) is 5.80. The third-order valence-electron chi connectivity index (χ3n) is 4.59. The smallest absolute Gasteiger partial charge is 0.355 e. The van der Waals surface area contributed by atoms with Crippen LogP contribution in [0.4, 0.5) is 0 Å². The topological polar surface area (TPSA) is 85.5 Å². The van der Waals surface area contributed by atoms with E-state index in [9.17, 15) is 14.4 Å². The highest BCUT2D eigenvalue weighted by molar-refractivity contribution is 6.12. The number of rotatable bonds is 6. The van der Waals surface area contributed by atoms with Crippen LogP contribution >= 0.6 is 0 Å². The molecule has 0 unspecified atom stereocenters. The summed E-state index contributed by atoms with van der Waals surface area (Å²) in [6, 6.07) is 0. The Hall–Kier alpha value is -2.11. The zero-order chi connectivity index (χ0) is 17.9. The van der Waals surface area contributed by atoms with Gasteiger partial charge in [-0.15, -0.1) is 0 Å². The summed E-state index contributed by atoms with van der Waals surface area (Å²) < 4.78 is 10.0. The summed E-state index contributed by atoms with van der Waals surface area (Å²) in [5, 5.41) is 0. The Bertz CT molecular complexity index is 646. The van der Waals surface area contributed by atoms with E-state index in [2.05, 4.69) is 11.9 Å². The molecule has 0 saturated carbocycles. The molecule has 6 nitrogen and oxygen atoms in total. The highest BCUT2D eigenvalue weighted by Gasteiger charge is 2.41. The predicted octanol–water partition coefficient (Wildman–Crippen LogP) is 2.83. The van der Waals surface area contributed by atoms with E-state index in [0.29, 0.717) is 35.5 Å². The van der Waals surface area contributed by atoms with Gasteiger partial charge in [-0.1, -0.05) is 26.7 Å². The van der Waals surface area contributed by atoms with Crippen LogP contribution in [0.25, 0.3) is 0 Å². The molecule has 0 spiro atoms. The quantitative estimate of drug-likeness (QED) is 0.491. The average molecular weight is 335 g/mol. The van der Waals surface area contributed by atoms with E-state index in [1.54, 1.807) is 6.92 Å². The van der Waals surface area contributed by atoms with Crippen LogP contribution in [0.1, 0.15) is 65.2 Å². The van der Waals surface area contributed by atoms with Crippen LogP contribution in [-0.4, -0.2) is 36.4 Å². The lowest BCUT2D eigenvalue weighted by Crippen LogP contribution is -2.36. The van der Waals surface area contributed by atoms with Gasteiger partial charge in [0, 0.05) is 11.3 Å². The van der Waals surface area contributed by atoms with Gasteiger partial charge in [0.1, 0.15) is 11.6 Å². The fourth-order valence-electron chi connectivity index (χ4n) is 3.26. The summed E-state index contributed by atoms with van der Waals surface area (Å²) in [6.07, 6.45) is 3.39. The maximum atomic E-state index is 12.7. The first-order valence-corrected chi connectivity index (χ1v) is 8.42. The Balaban J connectivity index is 2.23. The fourth-order valence-corrected chi connectivity index (χ4v) is 3.26. The standard InChI is InChI=1S/C18H25NO5/c1-5-6-7-8-24-18(22)15-11(3)14-12(19-15)9-10(2)13(16(14)20)17(21)23-4/h10,13,19H,5-9H2,1-4H3/t10-,13-/m1/s1. The van der Waals surface area contributed by atoms with Gasteiger partial charge in [0.2, 0.25) is 0 Å². The SMILES string of the molecule is CCCCCOC(=O)c1[nH]c2c(c1C)C(=O)[C@H](C(=O)OC)[C@H](C)C2. The number of ether oxygens (including phenoxy) is 2. The number of ketones is 1. The van der Waals surface area contributed by atoms with E-state index in [0.717, 1.165) is 19.3 Å². The molecule has 1 aromatic rings. The van der Waals surface area contributed by atoms with Crippen molar-refractivity contribution in [3.8, 4) is 0 Å². The third kappa shape index (κ3) is 3.37. The summed E-state index contributed by atoms with van der Waals surface area (Å²) in [5.41, 5.74) is 1.99. The number of aromatic amines is 1. The van der Waals surface area contributed by atoms with Crippen molar-refractivity contribution in [1.82, 2.24) is 4.98 Å². The van der Waals surface area contributed by atoms with Crippen LogP contribution in [0.3, 0.4) is 0 Å². The minimum atomic E-state index is -0.814. The highest BCUT2D eigenvalue weighted by Crippen LogP contribution is 2.34. The number of methoxy groups -OCH3 is 1. The van der Waals surface area contributed by atoms with Crippen LogP contribution in [0.5, 0.6) is 0 Å². The number of H-pyrrole nitrogens is 1. The van der Waals surface area contributed by atoms with E-state index >= 15 is 0 Å². The van der Waals surface area contributed by atoms with Gasteiger partial charge in [0.15, 0.2) is 5.78 Å². The average Bonchev–Trinajstić information content (AvgIpc) is 2.87. The number of carbonyl (C=O) groups is 3. The van der Waals surface area contributed by atoms with Crippen molar-refractivity contribution >= 4 is 17.7 Å². The van der Waals surface area contributed by atoms with Gasteiger partial charge in [0.05, 0.1) is 13.7 Å². The van der Waals surface area contributed by atoms with E-state index in [4.69, 9.17) is 9.47 Å². The molecular formula is C18H25NO5. The lowest BCUT2D eigenvalue weighted by Gasteiger charge is -2.25. The van der Waals surface area contributed by atoms with Gasteiger partial charge in [-0.3, -0.25) is 9.59 Å². The zero-order valence-electron chi connectivity index (χ0n) is 14.7. The maximum absolute atomic E-state index is 12.7. The van der Waals surface area contributed by atoms with Gasteiger partial charge in [-0.2, -0.15) is 0 Å². The van der Waals surface area contributed by atoms with Crippen molar-refractivity contribution in [3.05, 3.63) is 22.5 Å². The number of unbranched alkanes of at least 4 members (excludes halogenated alkanes) is 2. The number of esters is 2. The maximum Gasteiger partial charge on any atom is 0.355 e. The van der Waals surface area contributed by atoms with Crippen molar-refractivity contribution in [1.29, 1.82) is 0 Å². The number of hydrogen-bond donors (Lipinski definition) is 1. The lowest BCUT2D eigenvalue weighted by molar-refractivity contribution is -0.145. The molecule has 24 heavy (non-hydrogen) atoms. The number of hydrogen-bond acceptors (Lipinski definition) is 5. The molecule has 0 amide bonds. The fraction of sp³-hybridized carbons (Fsp3) is 0.611. The van der Waals surface area contributed by atoms with Crippen molar-refractivity contribution in [2.24, 2.45) is 11.8 Å². The van der Waals surface area contributed by atoms with Crippen molar-refractivity contribution in [2.75, 3.05) is 13.7 Å². The number of aromatic nitrogens is 1. The monoisotopic (exact) mass is 335 g/mol. The zero-order valence-corrected chi connectivity index (χ0v) is 14.7. The molecule has 132 valence electrons. The van der Waals surface area contributed by atoms with E-state index in [1.165, 1.54) is 7.11 Å². The van der Waals surface area contributed by atoms with Gasteiger partial charge in [0.25, 0.3) is 0 Å². The molecule has 0 aliphatic heterocycles. The molecule has 1 aromatic heterocycles. The van der Waals surface area contributed by atoms with Crippen LogP contribution in [0.2, 0.25) is 0 Å². The van der Waals surface area contributed by atoms with Crippen molar-refractivity contribution < 1.29 is 23.9 Å². The molecule has 0 bridgehead atoms. The molecule has 0 fully saturated rings. The molecule has 0 saturated heterocycles. The molecule has 1 heterocycles. The minimum absolute atomic E-state index is 0.177. The Morgan fingerprint density at radius 1 is 1.29 bits per heavy atom. The van der Waals surface area contributed by atoms with Crippen molar-refractivity contribution in [2.45, 2.75) is 46.5 Å². The summed E-state index contributed by atoms with van der Waals surface area (Å²) in [4.78, 5) is 39.9. The largest absolute Gasteiger partial charge is 0.468 e. The van der Waals surface area contributed by atoms with Crippen LogP contribution in [0.15, 0.2) is 0 Å². The summed E-state index contributed by atoms with van der Waals surface area (Å²) in [5.74, 6) is -2.25. The van der Waals surface area contributed by atoms with Gasteiger partial charge < -0.3 is 14.5 Å². The van der Waals surface area contributed by atoms with Crippen LogP contribution in [-0.2, 0) is 20.7 Å². The van der Waals surface area contributed by atoms with Gasteiger partial charge in [-0.25, -0.2) is 4.79 Å². The molecule has 2 atom stereocenters. The summed E-state index contributed by atoms with van der Waals surface area (Å²) in [6.45, 7) is 5.99. The van der Waals surface area contributed by atoms with E-state index in [1.807, 2.05) is 6.92 Å².